The van der Waals surface area contributed by atoms with E-state index in [1.807, 2.05) is 48.5 Å². The highest BCUT2D eigenvalue weighted by atomic mass is 79.9. The van der Waals surface area contributed by atoms with Crippen molar-refractivity contribution in [3.8, 4) is 5.75 Å². The van der Waals surface area contributed by atoms with E-state index in [4.69, 9.17) is 4.74 Å². The van der Waals surface area contributed by atoms with Gasteiger partial charge >= 0.3 is 0 Å². The standard InChI is InChI=1S/C16H14BrN5O/c1-23-14-4-2-3-13(9-14)20-16-21-15(10-18-22-16)19-12-7-5-11(17)6-8-12/h2-10H,1H3,(H2,19,20,21,22). The smallest absolute Gasteiger partial charge is 0.249 e. The van der Waals surface area contributed by atoms with Crippen LogP contribution >= 0.6 is 15.9 Å². The molecule has 1 heterocycles. The van der Waals surface area contributed by atoms with E-state index in [9.17, 15) is 0 Å². The average Bonchev–Trinajstić information content (AvgIpc) is 2.57. The highest BCUT2D eigenvalue weighted by molar-refractivity contribution is 9.10. The first-order valence-electron chi connectivity index (χ1n) is 6.86. The van der Waals surface area contributed by atoms with Gasteiger partial charge in [-0.2, -0.15) is 10.1 Å². The molecule has 6 nitrogen and oxygen atoms in total. The van der Waals surface area contributed by atoms with E-state index in [1.54, 1.807) is 13.3 Å². The maximum Gasteiger partial charge on any atom is 0.249 e. The molecule has 0 amide bonds. The number of methoxy groups -OCH3 is 1. The molecule has 2 aromatic carbocycles. The lowest BCUT2D eigenvalue weighted by Gasteiger charge is -2.08. The topological polar surface area (TPSA) is 72.0 Å². The Hall–Kier alpha value is -2.67. The number of nitrogens with zero attached hydrogens (tertiary/aromatic N) is 3. The Balaban J connectivity index is 1.75. The molecule has 0 aliphatic heterocycles. The van der Waals surface area contributed by atoms with Crippen LogP contribution in [0.2, 0.25) is 0 Å². The Morgan fingerprint density at radius 2 is 1.83 bits per heavy atom. The zero-order valence-corrected chi connectivity index (χ0v) is 13.9. The Morgan fingerprint density at radius 3 is 2.61 bits per heavy atom. The van der Waals surface area contributed by atoms with Crippen molar-refractivity contribution in [2.24, 2.45) is 0 Å². The summed E-state index contributed by atoms with van der Waals surface area (Å²) >= 11 is 3.41. The van der Waals surface area contributed by atoms with Crippen molar-refractivity contribution in [3.63, 3.8) is 0 Å². The molecular weight excluding hydrogens is 358 g/mol. The molecule has 0 radical (unpaired) electrons. The number of nitrogens with one attached hydrogen (secondary N) is 2. The van der Waals surface area contributed by atoms with Crippen LogP contribution in [0.1, 0.15) is 0 Å². The predicted molar refractivity (Wildman–Crippen MR) is 93.5 cm³/mol. The van der Waals surface area contributed by atoms with Crippen molar-refractivity contribution in [2.75, 3.05) is 17.7 Å². The first-order chi connectivity index (χ1) is 11.2. The van der Waals surface area contributed by atoms with Crippen molar-refractivity contribution < 1.29 is 4.74 Å². The lowest BCUT2D eigenvalue weighted by molar-refractivity contribution is 0.415. The second-order valence-electron chi connectivity index (χ2n) is 4.65. The molecule has 3 rings (SSSR count). The third-order valence-electron chi connectivity index (χ3n) is 3.00. The van der Waals surface area contributed by atoms with E-state index in [2.05, 4.69) is 41.7 Å². The van der Waals surface area contributed by atoms with Gasteiger partial charge in [-0.3, -0.25) is 0 Å². The predicted octanol–water partition coefficient (Wildman–Crippen LogP) is 4.13. The van der Waals surface area contributed by atoms with Gasteiger partial charge < -0.3 is 15.4 Å². The Kier molecular flexibility index (Phi) is 4.68. The van der Waals surface area contributed by atoms with Gasteiger partial charge in [-0.05, 0) is 36.4 Å². The minimum absolute atomic E-state index is 0.403. The number of anilines is 4. The van der Waals surface area contributed by atoms with Crippen LogP contribution in [-0.2, 0) is 0 Å². The van der Waals surface area contributed by atoms with Crippen LogP contribution in [0.5, 0.6) is 5.75 Å². The molecule has 1 aromatic heterocycles. The zero-order valence-electron chi connectivity index (χ0n) is 12.3. The van der Waals surface area contributed by atoms with E-state index in [0.717, 1.165) is 21.6 Å². The maximum atomic E-state index is 5.19. The summed E-state index contributed by atoms with van der Waals surface area (Å²) in [5, 5.41) is 14.2. The molecule has 0 spiro atoms. The van der Waals surface area contributed by atoms with Crippen molar-refractivity contribution >= 4 is 39.1 Å². The van der Waals surface area contributed by atoms with E-state index < -0.39 is 0 Å². The fourth-order valence-electron chi connectivity index (χ4n) is 1.93. The van der Waals surface area contributed by atoms with E-state index >= 15 is 0 Å². The average molecular weight is 372 g/mol. The van der Waals surface area contributed by atoms with E-state index in [1.165, 1.54) is 0 Å². The first-order valence-corrected chi connectivity index (χ1v) is 7.65. The van der Waals surface area contributed by atoms with Gasteiger partial charge in [0.15, 0.2) is 5.82 Å². The highest BCUT2D eigenvalue weighted by Crippen LogP contribution is 2.21. The summed E-state index contributed by atoms with van der Waals surface area (Å²) in [6.45, 7) is 0. The Morgan fingerprint density at radius 1 is 1.00 bits per heavy atom. The number of benzene rings is 2. The summed E-state index contributed by atoms with van der Waals surface area (Å²) in [7, 11) is 1.62. The summed E-state index contributed by atoms with van der Waals surface area (Å²) in [6, 6.07) is 15.3. The van der Waals surface area contributed by atoms with Gasteiger partial charge in [0.05, 0.1) is 13.3 Å². The molecule has 0 fully saturated rings. The lowest BCUT2D eigenvalue weighted by Crippen LogP contribution is -2.02. The highest BCUT2D eigenvalue weighted by Gasteiger charge is 2.03. The zero-order chi connectivity index (χ0) is 16.1. The molecule has 0 atom stereocenters. The molecular formula is C16H14BrN5O. The number of ether oxygens (including phenoxy) is 1. The van der Waals surface area contributed by atoms with Gasteiger partial charge in [-0.1, -0.05) is 22.0 Å². The SMILES string of the molecule is COc1cccc(Nc2nncc(Nc3ccc(Br)cc3)n2)c1. The van der Waals surface area contributed by atoms with Crippen LogP contribution in [0.4, 0.5) is 23.1 Å². The van der Waals surface area contributed by atoms with Gasteiger partial charge in [-0.25, -0.2) is 0 Å². The minimum Gasteiger partial charge on any atom is -0.497 e. The third-order valence-corrected chi connectivity index (χ3v) is 3.53. The summed E-state index contributed by atoms with van der Waals surface area (Å²) in [5.41, 5.74) is 1.74. The number of rotatable bonds is 5. The molecule has 0 saturated heterocycles. The molecule has 0 unspecified atom stereocenters. The van der Waals surface area contributed by atoms with Crippen LogP contribution in [0.15, 0.2) is 59.2 Å². The maximum absolute atomic E-state index is 5.19. The molecule has 0 bridgehead atoms. The molecule has 116 valence electrons. The van der Waals surface area contributed by atoms with Crippen molar-refractivity contribution in [1.29, 1.82) is 0 Å². The quantitative estimate of drug-likeness (QED) is 0.702. The van der Waals surface area contributed by atoms with E-state index in [-0.39, 0.29) is 0 Å². The second kappa shape index (κ2) is 7.06. The van der Waals surface area contributed by atoms with Crippen molar-refractivity contribution in [1.82, 2.24) is 15.2 Å². The monoisotopic (exact) mass is 371 g/mol. The summed E-state index contributed by atoms with van der Waals surface area (Å²) in [4.78, 5) is 4.39. The molecule has 7 heteroatoms. The largest absolute Gasteiger partial charge is 0.497 e. The van der Waals surface area contributed by atoms with Crippen LogP contribution in [0.3, 0.4) is 0 Å². The summed E-state index contributed by atoms with van der Waals surface area (Å²) in [6.07, 6.45) is 1.57. The Bertz CT molecular complexity index is 794. The summed E-state index contributed by atoms with van der Waals surface area (Å²) < 4.78 is 6.21. The number of halogens is 1. The third kappa shape index (κ3) is 4.17. The number of hydrogen-bond acceptors (Lipinski definition) is 6. The van der Waals surface area contributed by atoms with Crippen molar-refractivity contribution in [2.45, 2.75) is 0 Å². The normalized spacial score (nSPS) is 10.2. The van der Waals surface area contributed by atoms with Gasteiger partial charge in [0.1, 0.15) is 5.75 Å². The fourth-order valence-corrected chi connectivity index (χ4v) is 2.19. The molecule has 0 aliphatic carbocycles. The van der Waals surface area contributed by atoms with Crippen molar-refractivity contribution in [3.05, 3.63) is 59.2 Å². The van der Waals surface area contributed by atoms with Crippen LogP contribution in [0, 0.1) is 0 Å². The number of aromatic nitrogens is 3. The van der Waals surface area contributed by atoms with Gasteiger partial charge in [0.2, 0.25) is 5.95 Å². The molecule has 23 heavy (non-hydrogen) atoms. The number of hydrogen-bond donors (Lipinski definition) is 2. The Labute approximate surface area is 142 Å². The van der Waals surface area contributed by atoms with Gasteiger partial charge in [0, 0.05) is 21.9 Å². The van der Waals surface area contributed by atoms with Crippen LogP contribution in [-0.4, -0.2) is 22.3 Å². The lowest BCUT2D eigenvalue weighted by atomic mass is 10.3. The minimum atomic E-state index is 0.403. The fraction of sp³-hybridized carbons (Fsp3) is 0.0625. The molecule has 2 N–H and O–H groups in total. The second-order valence-corrected chi connectivity index (χ2v) is 5.57. The van der Waals surface area contributed by atoms with Crippen LogP contribution in [0.25, 0.3) is 0 Å². The molecule has 0 aliphatic rings. The van der Waals surface area contributed by atoms with Gasteiger partial charge in [-0.15, -0.1) is 5.10 Å². The summed E-state index contributed by atoms with van der Waals surface area (Å²) in [5.74, 6) is 1.76. The molecule has 3 aromatic rings. The van der Waals surface area contributed by atoms with E-state index in [0.29, 0.717) is 11.8 Å². The first kappa shape index (κ1) is 15.2. The van der Waals surface area contributed by atoms with Crippen LogP contribution < -0.4 is 15.4 Å². The van der Waals surface area contributed by atoms with Gasteiger partial charge in [0.25, 0.3) is 0 Å². The molecule has 0 saturated carbocycles.